The maximum atomic E-state index is 15.0. The minimum atomic E-state index is -1.32. The summed E-state index contributed by atoms with van der Waals surface area (Å²) in [7, 11) is 3.08. The summed E-state index contributed by atoms with van der Waals surface area (Å²) in [5.41, 5.74) is 1.28. The van der Waals surface area contributed by atoms with Crippen molar-refractivity contribution in [3.05, 3.63) is 30.7 Å². The van der Waals surface area contributed by atoms with Crippen molar-refractivity contribution in [2.45, 2.75) is 18.5 Å². The first-order valence-electron chi connectivity index (χ1n) is 9.45. The van der Waals surface area contributed by atoms with E-state index in [-0.39, 0.29) is 6.54 Å². The Bertz CT molecular complexity index is 1010. The first-order valence-corrected chi connectivity index (χ1v) is 9.45. The third-order valence-electron chi connectivity index (χ3n) is 4.98. The molecule has 1 atom stereocenters. The minimum absolute atomic E-state index is 0.145. The van der Waals surface area contributed by atoms with Gasteiger partial charge in [0.05, 0.1) is 32.0 Å². The first kappa shape index (κ1) is 19.3. The molecule has 4 rings (SSSR count). The van der Waals surface area contributed by atoms with Crippen LogP contribution in [0, 0.1) is 0 Å². The Hall–Kier alpha value is -3.07. The number of nitrogens with zero attached hydrogens (tertiary/aromatic N) is 4. The van der Waals surface area contributed by atoms with E-state index in [0.29, 0.717) is 47.1 Å². The Kier molecular flexibility index (Phi) is 5.39. The molecule has 3 aromatic rings. The molecule has 0 spiro atoms. The van der Waals surface area contributed by atoms with Gasteiger partial charge < -0.3 is 20.1 Å². The number of fused-ring (bicyclic) bond motifs is 1. The van der Waals surface area contributed by atoms with Crippen LogP contribution in [0.3, 0.4) is 0 Å². The standard InChI is InChI=1S/C20H23FN6O2/c1-28-16-8-13(10-25-19(16)29-2)14-9-15-17(24-7-6-23-15)18(27-14)26-12-20(21)4-3-5-22-11-20/h6-10,22H,3-5,11-12H2,1-2H3,(H,26,27)/t20-/m0/s1. The molecule has 3 aromatic heterocycles. The number of piperidine rings is 1. The molecule has 0 aliphatic carbocycles. The Labute approximate surface area is 167 Å². The summed E-state index contributed by atoms with van der Waals surface area (Å²) >= 11 is 0. The summed E-state index contributed by atoms with van der Waals surface area (Å²) < 4.78 is 25.6. The summed E-state index contributed by atoms with van der Waals surface area (Å²) in [6.45, 7) is 1.31. The van der Waals surface area contributed by atoms with Crippen molar-refractivity contribution >= 4 is 16.9 Å². The molecule has 1 aliphatic rings. The molecule has 9 heteroatoms. The van der Waals surface area contributed by atoms with Gasteiger partial charge in [-0.1, -0.05) is 0 Å². The number of rotatable bonds is 6. The Morgan fingerprint density at radius 3 is 2.79 bits per heavy atom. The lowest BCUT2D eigenvalue weighted by Gasteiger charge is -2.30. The van der Waals surface area contributed by atoms with Crippen molar-refractivity contribution in [1.29, 1.82) is 0 Å². The lowest BCUT2D eigenvalue weighted by Crippen LogP contribution is -2.46. The van der Waals surface area contributed by atoms with Crippen molar-refractivity contribution in [3.8, 4) is 22.9 Å². The number of nitrogens with one attached hydrogen (secondary N) is 2. The van der Waals surface area contributed by atoms with Crippen LogP contribution >= 0.6 is 0 Å². The maximum absolute atomic E-state index is 15.0. The van der Waals surface area contributed by atoms with Gasteiger partial charge in [0.1, 0.15) is 11.2 Å². The zero-order chi connectivity index (χ0) is 20.3. The van der Waals surface area contributed by atoms with Crippen LogP contribution in [0.2, 0.25) is 0 Å². The first-order chi connectivity index (χ1) is 14.1. The highest BCUT2D eigenvalue weighted by Crippen LogP contribution is 2.32. The van der Waals surface area contributed by atoms with Crippen molar-refractivity contribution in [3.63, 3.8) is 0 Å². The molecular formula is C20H23FN6O2. The molecule has 0 aromatic carbocycles. The van der Waals surface area contributed by atoms with E-state index in [1.807, 2.05) is 6.07 Å². The number of ether oxygens (including phenoxy) is 2. The number of aromatic nitrogens is 4. The van der Waals surface area contributed by atoms with Gasteiger partial charge in [0.25, 0.3) is 5.88 Å². The fourth-order valence-electron chi connectivity index (χ4n) is 3.44. The highest BCUT2D eigenvalue weighted by Gasteiger charge is 2.31. The van der Waals surface area contributed by atoms with Gasteiger partial charge >= 0.3 is 0 Å². The SMILES string of the molecule is COc1cc(-c2cc3nccnc3c(NC[C@]3(F)CCCNC3)n2)cnc1OC. The quantitative estimate of drug-likeness (QED) is 0.654. The second-order valence-corrected chi connectivity index (χ2v) is 7.00. The fraction of sp³-hybridized carbons (Fsp3) is 0.400. The monoisotopic (exact) mass is 398 g/mol. The van der Waals surface area contributed by atoms with Crippen LogP contribution < -0.4 is 20.1 Å². The van der Waals surface area contributed by atoms with Crippen LogP contribution in [-0.4, -0.2) is 59.5 Å². The molecule has 1 fully saturated rings. The van der Waals surface area contributed by atoms with Crippen molar-refractivity contribution < 1.29 is 13.9 Å². The van der Waals surface area contributed by atoms with Crippen LogP contribution in [0.25, 0.3) is 22.3 Å². The number of pyridine rings is 2. The molecule has 0 amide bonds. The van der Waals surface area contributed by atoms with Crippen molar-refractivity contribution in [1.82, 2.24) is 25.3 Å². The second-order valence-electron chi connectivity index (χ2n) is 7.00. The minimum Gasteiger partial charge on any atom is -0.491 e. The number of hydrogen-bond donors (Lipinski definition) is 2. The molecule has 29 heavy (non-hydrogen) atoms. The summed E-state index contributed by atoms with van der Waals surface area (Å²) in [4.78, 5) is 17.7. The predicted octanol–water partition coefficient (Wildman–Crippen LogP) is 2.61. The maximum Gasteiger partial charge on any atom is 0.256 e. The van der Waals surface area contributed by atoms with E-state index in [1.165, 1.54) is 7.11 Å². The number of alkyl halides is 1. The summed E-state index contributed by atoms with van der Waals surface area (Å²) in [5.74, 6) is 1.37. The number of methoxy groups -OCH3 is 2. The highest BCUT2D eigenvalue weighted by molar-refractivity contribution is 5.88. The van der Waals surface area contributed by atoms with Crippen molar-refractivity contribution in [2.75, 3.05) is 39.2 Å². The van der Waals surface area contributed by atoms with E-state index < -0.39 is 5.67 Å². The molecule has 4 heterocycles. The number of anilines is 1. The third-order valence-corrected chi connectivity index (χ3v) is 4.98. The highest BCUT2D eigenvalue weighted by atomic mass is 19.1. The van der Waals surface area contributed by atoms with E-state index in [1.54, 1.807) is 31.8 Å². The molecular weight excluding hydrogens is 375 g/mol. The smallest absolute Gasteiger partial charge is 0.256 e. The van der Waals surface area contributed by atoms with E-state index in [4.69, 9.17) is 9.47 Å². The Morgan fingerprint density at radius 2 is 2.03 bits per heavy atom. The summed E-state index contributed by atoms with van der Waals surface area (Å²) in [6.07, 6.45) is 6.18. The predicted molar refractivity (Wildman–Crippen MR) is 108 cm³/mol. The number of halogens is 1. The van der Waals surface area contributed by atoms with E-state index in [9.17, 15) is 0 Å². The molecule has 0 saturated carbocycles. The van der Waals surface area contributed by atoms with Gasteiger partial charge in [-0.3, -0.25) is 4.98 Å². The van der Waals surface area contributed by atoms with Crippen molar-refractivity contribution in [2.24, 2.45) is 0 Å². The third kappa shape index (κ3) is 4.04. The topological polar surface area (TPSA) is 94.1 Å². The molecule has 0 radical (unpaired) electrons. The summed E-state index contributed by atoms with van der Waals surface area (Å²) in [5, 5.41) is 6.27. The molecule has 0 unspecified atom stereocenters. The number of hydrogen-bond acceptors (Lipinski definition) is 8. The molecule has 1 aliphatic heterocycles. The molecule has 0 bridgehead atoms. The largest absolute Gasteiger partial charge is 0.491 e. The van der Waals surface area contributed by atoms with Gasteiger partial charge in [-0.25, -0.2) is 19.3 Å². The van der Waals surface area contributed by atoms with E-state index >= 15 is 4.39 Å². The lowest BCUT2D eigenvalue weighted by molar-refractivity contribution is 0.137. The van der Waals surface area contributed by atoms with E-state index in [0.717, 1.165) is 18.5 Å². The fourth-order valence-corrected chi connectivity index (χ4v) is 3.44. The van der Waals surface area contributed by atoms with Gasteiger partial charge in [0.15, 0.2) is 11.6 Å². The van der Waals surface area contributed by atoms with Gasteiger partial charge in [-0.15, -0.1) is 0 Å². The average Bonchev–Trinajstić information content (AvgIpc) is 2.77. The van der Waals surface area contributed by atoms with E-state index in [2.05, 4.69) is 30.6 Å². The van der Waals surface area contributed by atoms with Gasteiger partial charge in [-0.2, -0.15) is 0 Å². The van der Waals surface area contributed by atoms with Crippen LogP contribution in [0.15, 0.2) is 30.7 Å². The van der Waals surface area contributed by atoms with Gasteiger partial charge in [0, 0.05) is 30.7 Å². The van der Waals surface area contributed by atoms with Crippen LogP contribution in [-0.2, 0) is 0 Å². The molecule has 152 valence electrons. The van der Waals surface area contributed by atoms with Crippen LogP contribution in [0.1, 0.15) is 12.8 Å². The average molecular weight is 398 g/mol. The molecule has 2 N–H and O–H groups in total. The molecule has 8 nitrogen and oxygen atoms in total. The molecule has 1 saturated heterocycles. The van der Waals surface area contributed by atoms with Crippen LogP contribution in [0.4, 0.5) is 10.2 Å². The zero-order valence-electron chi connectivity index (χ0n) is 16.4. The Morgan fingerprint density at radius 1 is 1.17 bits per heavy atom. The Balaban J connectivity index is 1.71. The zero-order valence-corrected chi connectivity index (χ0v) is 16.4. The lowest BCUT2D eigenvalue weighted by atomic mass is 9.96. The van der Waals surface area contributed by atoms with Gasteiger partial charge in [0.2, 0.25) is 0 Å². The normalized spacial score (nSPS) is 19.1. The van der Waals surface area contributed by atoms with Crippen LogP contribution in [0.5, 0.6) is 11.6 Å². The summed E-state index contributed by atoms with van der Waals surface area (Å²) in [6, 6.07) is 3.62. The second kappa shape index (κ2) is 8.12. The van der Waals surface area contributed by atoms with Gasteiger partial charge in [-0.05, 0) is 31.5 Å².